The lowest BCUT2D eigenvalue weighted by Crippen LogP contribution is -2.43. The normalized spacial score (nSPS) is 19.6. The first-order chi connectivity index (χ1) is 9.63. The molecule has 1 aliphatic carbocycles. The molecule has 1 aromatic carbocycles. The molecule has 0 spiro atoms. The minimum absolute atomic E-state index is 0.440. The molecule has 0 aliphatic heterocycles. The maximum absolute atomic E-state index is 10.4. The molecule has 0 heterocycles. The van der Waals surface area contributed by atoms with Crippen LogP contribution in [-0.4, -0.2) is 36.0 Å². The number of methoxy groups -OCH3 is 1. The average Bonchev–Trinajstić information content (AvgIpc) is 2.48. The molecule has 0 saturated heterocycles. The lowest BCUT2D eigenvalue weighted by Gasteiger charge is -2.32. The highest BCUT2D eigenvalue weighted by molar-refractivity contribution is 5.29. The number of hydrogen-bond donors (Lipinski definition) is 3. The number of nitrogens with one attached hydrogen (secondary N) is 1. The largest absolute Gasteiger partial charge is 0.497 e. The maximum atomic E-state index is 10.4. The highest BCUT2D eigenvalue weighted by atomic mass is 16.5. The van der Waals surface area contributed by atoms with Crippen LogP contribution in [0.2, 0.25) is 0 Å². The molecule has 0 radical (unpaired) electrons. The molecule has 4 heteroatoms. The summed E-state index contributed by atoms with van der Waals surface area (Å²) in [7, 11) is 1.61. The van der Waals surface area contributed by atoms with Crippen molar-refractivity contribution < 1.29 is 14.9 Å². The van der Waals surface area contributed by atoms with Crippen molar-refractivity contribution in [3.8, 4) is 5.75 Å². The zero-order chi connectivity index (χ0) is 14.4. The molecule has 2 rings (SSSR count). The van der Waals surface area contributed by atoms with Crippen molar-refractivity contribution >= 4 is 0 Å². The summed E-state index contributed by atoms with van der Waals surface area (Å²) in [5.74, 6) is 0.743. The Kier molecular flexibility index (Phi) is 5.40. The van der Waals surface area contributed by atoms with E-state index in [1.807, 2.05) is 24.3 Å². The van der Waals surface area contributed by atoms with E-state index >= 15 is 0 Å². The summed E-state index contributed by atoms with van der Waals surface area (Å²) in [5, 5.41) is 23.7. The van der Waals surface area contributed by atoms with E-state index in [4.69, 9.17) is 4.74 Å². The molecule has 3 N–H and O–H groups in total. The van der Waals surface area contributed by atoms with E-state index in [1.54, 1.807) is 7.11 Å². The van der Waals surface area contributed by atoms with Crippen LogP contribution in [-0.2, 0) is 0 Å². The van der Waals surface area contributed by atoms with Gasteiger partial charge in [-0.1, -0.05) is 31.4 Å². The number of aliphatic hydroxyl groups excluding tert-OH is 1. The minimum atomic E-state index is -0.591. The van der Waals surface area contributed by atoms with Gasteiger partial charge in [0.1, 0.15) is 5.75 Å². The van der Waals surface area contributed by atoms with Crippen LogP contribution in [0.1, 0.15) is 43.8 Å². The Labute approximate surface area is 120 Å². The van der Waals surface area contributed by atoms with E-state index in [2.05, 4.69) is 5.32 Å². The Balaban J connectivity index is 1.80. The predicted molar refractivity (Wildman–Crippen MR) is 78.9 cm³/mol. The van der Waals surface area contributed by atoms with Crippen molar-refractivity contribution in [1.82, 2.24) is 5.32 Å². The van der Waals surface area contributed by atoms with Gasteiger partial charge in [0.25, 0.3) is 0 Å². The van der Waals surface area contributed by atoms with Crippen LogP contribution >= 0.6 is 0 Å². The van der Waals surface area contributed by atoms with Gasteiger partial charge in [0, 0.05) is 13.1 Å². The quantitative estimate of drug-likeness (QED) is 0.745. The summed E-state index contributed by atoms with van der Waals surface area (Å²) in [6.07, 6.45) is 4.53. The Morgan fingerprint density at radius 2 is 2.05 bits per heavy atom. The number of ether oxygens (including phenoxy) is 1. The molecular weight excluding hydrogens is 254 g/mol. The standard InChI is InChI=1S/C16H25NO3/c1-20-14-7-5-6-13(10-14)15(18)11-17-12-16(19)8-3-2-4-9-16/h5-7,10,15,17-19H,2-4,8-9,11-12H2,1H3. The fraction of sp³-hybridized carbons (Fsp3) is 0.625. The first-order valence-electron chi connectivity index (χ1n) is 7.38. The topological polar surface area (TPSA) is 61.7 Å². The molecule has 112 valence electrons. The second kappa shape index (κ2) is 7.07. The molecule has 1 unspecified atom stereocenters. The van der Waals surface area contributed by atoms with Gasteiger partial charge in [-0.05, 0) is 30.5 Å². The number of rotatable bonds is 6. The Morgan fingerprint density at radius 3 is 2.75 bits per heavy atom. The summed E-state index contributed by atoms with van der Waals surface area (Å²) in [6.45, 7) is 0.990. The molecule has 1 aromatic rings. The molecule has 20 heavy (non-hydrogen) atoms. The van der Waals surface area contributed by atoms with Crippen LogP contribution in [0.5, 0.6) is 5.75 Å². The van der Waals surface area contributed by atoms with E-state index in [9.17, 15) is 10.2 Å². The van der Waals surface area contributed by atoms with Crippen molar-refractivity contribution in [2.45, 2.75) is 43.8 Å². The number of hydrogen-bond acceptors (Lipinski definition) is 4. The van der Waals surface area contributed by atoms with Crippen molar-refractivity contribution in [3.63, 3.8) is 0 Å². The third-order valence-electron chi connectivity index (χ3n) is 4.05. The third kappa shape index (κ3) is 4.20. The van der Waals surface area contributed by atoms with E-state index in [0.29, 0.717) is 13.1 Å². The molecule has 0 bridgehead atoms. The number of aliphatic hydroxyl groups is 2. The molecule has 1 aliphatic rings. The van der Waals surface area contributed by atoms with Crippen LogP contribution < -0.4 is 10.1 Å². The lowest BCUT2D eigenvalue weighted by atomic mass is 9.85. The van der Waals surface area contributed by atoms with Crippen LogP contribution in [0.15, 0.2) is 24.3 Å². The summed E-state index contributed by atoms with van der Waals surface area (Å²) in [5.41, 5.74) is 0.235. The second-order valence-corrected chi connectivity index (χ2v) is 5.71. The average molecular weight is 279 g/mol. The van der Waals surface area contributed by atoms with Gasteiger partial charge in [0.05, 0.1) is 18.8 Å². The zero-order valence-corrected chi connectivity index (χ0v) is 12.1. The predicted octanol–water partition coefficient (Wildman–Crippen LogP) is 2.01. The van der Waals surface area contributed by atoms with Crippen LogP contribution in [0.3, 0.4) is 0 Å². The van der Waals surface area contributed by atoms with Gasteiger partial charge < -0.3 is 20.3 Å². The van der Waals surface area contributed by atoms with Gasteiger partial charge in [-0.25, -0.2) is 0 Å². The third-order valence-corrected chi connectivity index (χ3v) is 4.05. The summed E-state index contributed by atoms with van der Waals surface area (Å²) in [4.78, 5) is 0. The second-order valence-electron chi connectivity index (χ2n) is 5.71. The summed E-state index contributed by atoms with van der Waals surface area (Å²) >= 11 is 0. The van der Waals surface area contributed by atoms with Gasteiger partial charge in [-0.15, -0.1) is 0 Å². The van der Waals surface area contributed by atoms with E-state index in [-0.39, 0.29) is 0 Å². The Hall–Kier alpha value is -1.10. The first-order valence-corrected chi connectivity index (χ1v) is 7.38. The van der Waals surface area contributed by atoms with Gasteiger partial charge >= 0.3 is 0 Å². The molecule has 0 amide bonds. The lowest BCUT2D eigenvalue weighted by molar-refractivity contribution is 0.00263. The smallest absolute Gasteiger partial charge is 0.119 e. The molecule has 0 aromatic heterocycles. The van der Waals surface area contributed by atoms with Gasteiger partial charge in [0.2, 0.25) is 0 Å². The van der Waals surface area contributed by atoms with Gasteiger partial charge in [0.15, 0.2) is 0 Å². The van der Waals surface area contributed by atoms with Crippen molar-refractivity contribution in [1.29, 1.82) is 0 Å². The van der Waals surface area contributed by atoms with Crippen molar-refractivity contribution in [2.24, 2.45) is 0 Å². The zero-order valence-electron chi connectivity index (χ0n) is 12.1. The molecule has 4 nitrogen and oxygen atoms in total. The molecule has 1 atom stereocenters. The highest BCUT2D eigenvalue weighted by Gasteiger charge is 2.28. The van der Waals surface area contributed by atoms with Gasteiger partial charge in [-0.3, -0.25) is 0 Å². The fourth-order valence-corrected chi connectivity index (χ4v) is 2.79. The fourth-order valence-electron chi connectivity index (χ4n) is 2.79. The van der Waals surface area contributed by atoms with Crippen LogP contribution in [0.4, 0.5) is 0 Å². The van der Waals surface area contributed by atoms with Crippen LogP contribution in [0.25, 0.3) is 0 Å². The summed E-state index contributed by atoms with van der Waals surface area (Å²) < 4.78 is 5.15. The maximum Gasteiger partial charge on any atom is 0.119 e. The highest BCUT2D eigenvalue weighted by Crippen LogP contribution is 2.27. The van der Waals surface area contributed by atoms with Crippen LogP contribution in [0, 0.1) is 0 Å². The molecular formula is C16H25NO3. The minimum Gasteiger partial charge on any atom is -0.497 e. The Bertz CT molecular complexity index is 416. The SMILES string of the molecule is COc1cccc(C(O)CNCC2(O)CCCCC2)c1. The molecule has 1 saturated carbocycles. The van der Waals surface area contributed by atoms with Crippen molar-refractivity contribution in [2.75, 3.05) is 20.2 Å². The van der Waals surface area contributed by atoms with Crippen molar-refractivity contribution in [3.05, 3.63) is 29.8 Å². The van der Waals surface area contributed by atoms with E-state index < -0.39 is 11.7 Å². The molecule has 1 fully saturated rings. The van der Waals surface area contributed by atoms with E-state index in [0.717, 1.165) is 37.0 Å². The Morgan fingerprint density at radius 1 is 1.30 bits per heavy atom. The summed E-state index contributed by atoms with van der Waals surface area (Å²) in [6, 6.07) is 7.44. The van der Waals surface area contributed by atoms with Gasteiger partial charge in [-0.2, -0.15) is 0 Å². The van der Waals surface area contributed by atoms with E-state index in [1.165, 1.54) is 6.42 Å². The first kappa shape index (κ1) is 15.3. The monoisotopic (exact) mass is 279 g/mol. The number of benzene rings is 1.